The fourth-order valence-corrected chi connectivity index (χ4v) is 20.5. The third kappa shape index (κ3) is 14.1. The maximum absolute atomic E-state index is 5.09. The monoisotopic (exact) mass is 1680 g/mol. The molecule has 0 unspecified atom stereocenters. The van der Waals surface area contributed by atoms with Crippen molar-refractivity contribution in [1.82, 2.24) is 19.1 Å². The SMILES string of the molecule is CCc1ccc(-c2ccc3c(-c4ccc5ccccc5c4)c4ccccc4c(-c4ccc5ccccc5c4)c3c2)cc1.c1ccc(-c2nc3ccccc3n2-c2ccc(-c3c4ccccc4c(-c4ccc5ccccc5c4)c4ccccc34)cc2)cc1.c1ccc(-n2c(-c3ccc(-c4c5ccccc5c(-c5ccc6ccccc6c5)c5ccccc45)cc3)nc3ccccc32)cc1. The Morgan fingerprint density at radius 2 is 0.417 bits per heavy atom. The van der Waals surface area contributed by atoms with Gasteiger partial charge in [-0.05, 0) is 276 Å². The topological polar surface area (TPSA) is 35.6 Å². The molecule has 24 aromatic carbocycles. The molecule has 26 rings (SSSR count). The Bertz CT molecular complexity index is 8850. The summed E-state index contributed by atoms with van der Waals surface area (Å²) in [5, 5.41) is 25.3. The first-order valence-electron chi connectivity index (χ1n) is 45.6. The molecule has 0 saturated heterocycles. The van der Waals surface area contributed by atoms with E-state index in [-0.39, 0.29) is 0 Å². The quantitative estimate of drug-likeness (QED) is 0.114. The van der Waals surface area contributed by atoms with Crippen LogP contribution >= 0.6 is 0 Å². The van der Waals surface area contributed by atoms with Gasteiger partial charge in [-0.3, -0.25) is 9.13 Å². The minimum Gasteiger partial charge on any atom is -0.292 e. The lowest BCUT2D eigenvalue weighted by atomic mass is 9.84. The van der Waals surface area contributed by atoms with Gasteiger partial charge in [-0.2, -0.15) is 0 Å². The van der Waals surface area contributed by atoms with E-state index in [1.807, 2.05) is 6.07 Å². The zero-order chi connectivity index (χ0) is 87.5. The number of aromatic nitrogens is 4. The van der Waals surface area contributed by atoms with Crippen LogP contribution in [0, 0.1) is 0 Å². The highest BCUT2D eigenvalue weighted by atomic mass is 15.1. The molecular weight excluding hydrogens is 1590 g/mol. The molecule has 132 heavy (non-hydrogen) atoms. The van der Waals surface area contributed by atoms with Crippen molar-refractivity contribution in [3.63, 3.8) is 0 Å². The summed E-state index contributed by atoms with van der Waals surface area (Å²) in [4.78, 5) is 10.1. The fourth-order valence-electron chi connectivity index (χ4n) is 20.5. The number of benzene rings is 24. The standard InChI is InChI=1S/2C43H28N2.C42H30/c1-2-14-34(15-3-1)45-40-21-11-10-20-39(40)44-43(45)31-25-23-30(24-26-31)41-35-16-6-8-18-37(35)42(38-19-9-7-17-36(38)41)33-27-22-29-12-4-5-13-32(29)28-33;1-2-13-31(14-3-1)43-44-39-20-10-11-21-40(39)45(43)34-26-24-30(25-27-34)41-35-16-6-8-18-37(35)42(38-19-9-7-17-36(38)41)33-23-22-29-12-4-5-15-32(29)28-33;1-2-28-15-17-31(18-16-28)34-23-24-39-40(27-34)42(36-22-20-30-10-4-6-12-33(30)26-36)38-14-8-7-13-37(38)41(39)35-21-19-29-9-3-5-11-32(29)25-35/h2*1-28H;3-27H,2H2,1H3. The summed E-state index contributed by atoms with van der Waals surface area (Å²) >= 11 is 0. The summed E-state index contributed by atoms with van der Waals surface area (Å²) in [6.45, 7) is 2.21. The number of imidazole rings is 2. The van der Waals surface area contributed by atoms with Gasteiger partial charge in [0.1, 0.15) is 11.6 Å². The van der Waals surface area contributed by atoms with Crippen molar-refractivity contribution in [1.29, 1.82) is 0 Å². The summed E-state index contributed by atoms with van der Waals surface area (Å²) in [5.74, 6) is 1.88. The van der Waals surface area contributed by atoms with Crippen LogP contribution in [0.5, 0.6) is 0 Å². The van der Waals surface area contributed by atoms with Crippen molar-refractivity contribution in [2.75, 3.05) is 0 Å². The molecule has 0 fully saturated rings. The van der Waals surface area contributed by atoms with Crippen LogP contribution in [0.1, 0.15) is 12.5 Å². The number of aryl methyl sites for hydroxylation is 1. The first kappa shape index (κ1) is 78.3. The van der Waals surface area contributed by atoms with Gasteiger partial charge < -0.3 is 0 Å². The molecule has 0 aliphatic carbocycles. The predicted octanol–water partition coefficient (Wildman–Crippen LogP) is 34.8. The van der Waals surface area contributed by atoms with Crippen molar-refractivity contribution >= 4 is 130 Å². The highest BCUT2D eigenvalue weighted by Gasteiger charge is 2.24. The highest BCUT2D eigenvalue weighted by molar-refractivity contribution is 6.25. The maximum Gasteiger partial charge on any atom is 0.145 e. The second kappa shape index (κ2) is 33.5. The highest BCUT2D eigenvalue weighted by Crippen LogP contribution is 2.50. The zero-order valence-corrected chi connectivity index (χ0v) is 72.8. The average molecular weight is 1680 g/mol. The molecular formula is C128H86N4. The molecule has 0 saturated carbocycles. The Kier molecular flexibility index (Phi) is 19.9. The van der Waals surface area contributed by atoms with E-state index in [1.165, 1.54) is 191 Å². The lowest BCUT2D eigenvalue weighted by Gasteiger charge is -2.19. The lowest BCUT2D eigenvalue weighted by Crippen LogP contribution is -1.97. The van der Waals surface area contributed by atoms with Gasteiger partial charge in [0, 0.05) is 22.5 Å². The molecule has 0 aliphatic rings. The van der Waals surface area contributed by atoms with Gasteiger partial charge in [0.05, 0.1) is 22.1 Å². The maximum atomic E-state index is 5.09. The number of para-hydroxylation sites is 5. The molecule has 26 aromatic rings. The molecule has 4 heteroatoms. The predicted molar refractivity (Wildman–Crippen MR) is 562 cm³/mol. The first-order chi connectivity index (χ1) is 65.4. The van der Waals surface area contributed by atoms with Gasteiger partial charge >= 0.3 is 0 Å². The smallest absolute Gasteiger partial charge is 0.145 e. The van der Waals surface area contributed by atoms with Crippen LogP contribution in [-0.4, -0.2) is 19.1 Å². The van der Waals surface area contributed by atoms with Gasteiger partial charge in [-0.25, -0.2) is 9.97 Å². The number of nitrogens with zero attached hydrogens (tertiary/aromatic N) is 4. The largest absolute Gasteiger partial charge is 0.292 e. The van der Waals surface area contributed by atoms with Crippen molar-refractivity contribution in [3.8, 4) is 112 Å². The molecule has 0 spiro atoms. The molecule has 0 atom stereocenters. The Labute approximate surface area is 765 Å². The van der Waals surface area contributed by atoms with Crippen LogP contribution in [0.25, 0.3) is 242 Å². The zero-order valence-electron chi connectivity index (χ0n) is 72.8. The van der Waals surface area contributed by atoms with E-state index in [0.717, 1.165) is 62.6 Å². The third-order valence-corrected chi connectivity index (χ3v) is 26.7. The van der Waals surface area contributed by atoms with Crippen LogP contribution in [0.3, 0.4) is 0 Å². The Hall–Kier alpha value is -17.2. The van der Waals surface area contributed by atoms with Crippen molar-refractivity contribution in [2.45, 2.75) is 13.3 Å². The number of hydrogen-bond donors (Lipinski definition) is 0. The van der Waals surface area contributed by atoms with E-state index in [1.54, 1.807) is 0 Å². The van der Waals surface area contributed by atoms with E-state index in [4.69, 9.17) is 9.97 Å². The van der Waals surface area contributed by atoms with Crippen LogP contribution in [0.2, 0.25) is 0 Å². The normalized spacial score (nSPS) is 11.6. The molecule has 0 aliphatic heterocycles. The summed E-state index contributed by atoms with van der Waals surface area (Å²) in [7, 11) is 0. The summed E-state index contributed by atoms with van der Waals surface area (Å²) in [5.41, 5.74) is 27.4. The average Bonchev–Trinajstić information content (AvgIpc) is 1.01. The van der Waals surface area contributed by atoms with Gasteiger partial charge in [0.2, 0.25) is 0 Å². The Morgan fingerprint density at radius 1 is 0.167 bits per heavy atom. The second-order valence-corrected chi connectivity index (χ2v) is 34.4. The third-order valence-electron chi connectivity index (χ3n) is 26.7. The van der Waals surface area contributed by atoms with E-state index in [9.17, 15) is 0 Å². The van der Waals surface area contributed by atoms with Crippen LogP contribution < -0.4 is 0 Å². The molecule has 0 N–H and O–H groups in total. The Balaban J connectivity index is 0.000000109. The summed E-state index contributed by atoms with van der Waals surface area (Å²) < 4.78 is 4.53. The van der Waals surface area contributed by atoms with Gasteiger partial charge in [0.15, 0.2) is 0 Å². The minimum absolute atomic E-state index is 0.940. The van der Waals surface area contributed by atoms with Crippen LogP contribution in [0.15, 0.2) is 491 Å². The van der Waals surface area contributed by atoms with Crippen LogP contribution in [0.4, 0.5) is 0 Å². The lowest BCUT2D eigenvalue weighted by molar-refractivity contribution is 1.10. The van der Waals surface area contributed by atoms with E-state index in [2.05, 4.69) is 501 Å². The van der Waals surface area contributed by atoms with Gasteiger partial charge in [-0.1, -0.05) is 419 Å². The van der Waals surface area contributed by atoms with E-state index >= 15 is 0 Å². The molecule has 2 heterocycles. The van der Waals surface area contributed by atoms with E-state index in [0.29, 0.717) is 0 Å². The molecule has 4 nitrogen and oxygen atoms in total. The van der Waals surface area contributed by atoms with Gasteiger partial charge in [0.25, 0.3) is 0 Å². The summed E-state index contributed by atoms with van der Waals surface area (Å²) in [6.07, 6.45) is 1.05. The van der Waals surface area contributed by atoms with Crippen molar-refractivity contribution < 1.29 is 0 Å². The number of rotatable bonds is 12. The van der Waals surface area contributed by atoms with Crippen molar-refractivity contribution in [3.05, 3.63) is 497 Å². The molecule has 0 radical (unpaired) electrons. The number of hydrogen-bond acceptors (Lipinski definition) is 2. The first-order valence-corrected chi connectivity index (χ1v) is 45.6. The van der Waals surface area contributed by atoms with Crippen LogP contribution in [-0.2, 0) is 6.42 Å². The summed E-state index contributed by atoms with van der Waals surface area (Å²) in [6, 6.07) is 178. The van der Waals surface area contributed by atoms with Gasteiger partial charge in [-0.15, -0.1) is 0 Å². The van der Waals surface area contributed by atoms with Crippen molar-refractivity contribution in [2.24, 2.45) is 0 Å². The number of fused-ring (bicyclic) bond motifs is 12. The molecule has 618 valence electrons. The minimum atomic E-state index is 0.940. The second-order valence-electron chi connectivity index (χ2n) is 34.4. The Morgan fingerprint density at radius 3 is 0.780 bits per heavy atom. The fraction of sp³-hybridized carbons (Fsp3) is 0.0156. The molecule has 0 amide bonds. The van der Waals surface area contributed by atoms with E-state index < -0.39 is 0 Å². The molecule has 2 aromatic heterocycles. The molecule has 0 bridgehead atoms.